The second-order valence-corrected chi connectivity index (χ2v) is 8.98. The molecule has 7 heteroatoms. The Morgan fingerprint density at radius 2 is 1.86 bits per heavy atom. The number of fused-ring (bicyclic) bond motifs is 1. The summed E-state index contributed by atoms with van der Waals surface area (Å²) in [6.07, 6.45) is 2.88. The number of aryl methyl sites for hydroxylation is 1. The minimum atomic E-state index is -3.76. The summed E-state index contributed by atoms with van der Waals surface area (Å²) in [5.41, 5.74) is 2.38. The molecule has 3 rings (SSSR count). The molecule has 0 saturated carbocycles. The monoisotopic (exact) mass is 416 g/mol. The maximum atomic E-state index is 13.0. The van der Waals surface area contributed by atoms with E-state index >= 15 is 0 Å². The molecule has 0 saturated heterocycles. The van der Waals surface area contributed by atoms with Gasteiger partial charge in [-0.2, -0.15) is 4.31 Å². The summed E-state index contributed by atoms with van der Waals surface area (Å²) in [5.74, 6) is 0.325. The van der Waals surface area contributed by atoms with Crippen LogP contribution in [0.25, 0.3) is 0 Å². The molecule has 1 atom stereocenters. The average molecular weight is 417 g/mol. The van der Waals surface area contributed by atoms with E-state index in [0.29, 0.717) is 12.4 Å². The fourth-order valence-electron chi connectivity index (χ4n) is 3.69. The van der Waals surface area contributed by atoms with E-state index in [9.17, 15) is 13.2 Å². The van der Waals surface area contributed by atoms with Crippen molar-refractivity contribution in [1.29, 1.82) is 0 Å². The van der Waals surface area contributed by atoms with E-state index in [1.807, 2.05) is 25.1 Å². The Hall–Kier alpha value is -2.38. The normalized spacial score (nSPS) is 16.3. The van der Waals surface area contributed by atoms with E-state index in [-0.39, 0.29) is 29.9 Å². The van der Waals surface area contributed by atoms with Gasteiger partial charge in [-0.3, -0.25) is 4.79 Å². The SMILES string of the molecule is CCOc1ccc(S(=O)(=O)N(CC)CC(=O)N[C@H]2CCCc3ccccc32)cc1. The Morgan fingerprint density at radius 3 is 2.55 bits per heavy atom. The number of sulfonamides is 1. The molecule has 0 aliphatic heterocycles. The molecule has 0 fully saturated rings. The number of carbonyl (C=O) groups is 1. The lowest BCUT2D eigenvalue weighted by molar-refractivity contribution is -0.122. The second-order valence-electron chi connectivity index (χ2n) is 7.05. The van der Waals surface area contributed by atoms with Gasteiger partial charge in [0.2, 0.25) is 15.9 Å². The maximum Gasteiger partial charge on any atom is 0.243 e. The van der Waals surface area contributed by atoms with Gasteiger partial charge in [0.1, 0.15) is 5.75 Å². The van der Waals surface area contributed by atoms with Crippen molar-refractivity contribution in [1.82, 2.24) is 9.62 Å². The first-order valence-electron chi connectivity index (χ1n) is 10.1. The predicted octanol–water partition coefficient (Wildman–Crippen LogP) is 3.29. The zero-order chi connectivity index (χ0) is 20.9. The van der Waals surface area contributed by atoms with E-state index in [1.54, 1.807) is 19.1 Å². The summed E-state index contributed by atoms with van der Waals surface area (Å²) in [6, 6.07) is 14.3. The van der Waals surface area contributed by atoms with E-state index < -0.39 is 10.0 Å². The lowest BCUT2D eigenvalue weighted by atomic mass is 9.88. The van der Waals surface area contributed by atoms with Crippen LogP contribution in [0.5, 0.6) is 5.75 Å². The molecule has 156 valence electrons. The number of nitrogens with zero attached hydrogens (tertiary/aromatic N) is 1. The largest absolute Gasteiger partial charge is 0.494 e. The molecule has 1 amide bonds. The topological polar surface area (TPSA) is 75.7 Å². The van der Waals surface area contributed by atoms with Crippen molar-refractivity contribution in [2.45, 2.75) is 44.0 Å². The number of nitrogens with one attached hydrogen (secondary N) is 1. The summed E-state index contributed by atoms with van der Waals surface area (Å²) < 4.78 is 32.5. The third-order valence-electron chi connectivity index (χ3n) is 5.15. The molecule has 1 aliphatic carbocycles. The van der Waals surface area contributed by atoms with Crippen LogP contribution < -0.4 is 10.1 Å². The molecular weight excluding hydrogens is 388 g/mol. The number of hydrogen-bond donors (Lipinski definition) is 1. The highest BCUT2D eigenvalue weighted by molar-refractivity contribution is 7.89. The third-order valence-corrected chi connectivity index (χ3v) is 7.08. The number of benzene rings is 2. The number of likely N-dealkylation sites (N-methyl/N-ethyl adjacent to an activating group) is 1. The van der Waals surface area contributed by atoms with Gasteiger partial charge < -0.3 is 10.1 Å². The first-order chi connectivity index (χ1) is 14.0. The molecule has 6 nitrogen and oxygen atoms in total. The molecule has 2 aromatic carbocycles. The molecule has 0 heterocycles. The van der Waals surface area contributed by atoms with E-state index in [2.05, 4.69) is 11.4 Å². The summed E-state index contributed by atoms with van der Waals surface area (Å²) in [7, 11) is -3.76. The quantitative estimate of drug-likeness (QED) is 0.717. The van der Waals surface area contributed by atoms with Gasteiger partial charge in [-0.05, 0) is 61.6 Å². The van der Waals surface area contributed by atoms with E-state index in [0.717, 1.165) is 24.8 Å². The third kappa shape index (κ3) is 4.97. The van der Waals surface area contributed by atoms with Gasteiger partial charge >= 0.3 is 0 Å². The molecule has 1 N–H and O–H groups in total. The van der Waals surface area contributed by atoms with Crippen molar-refractivity contribution in [3.63, 3.8) is 0 Å². The number of ether oxygens (including phenoxy) is 1. The van der Waals surface area contributed by atoms with Gasteiger partial charge in [0.15, 0.2) is 0 Å². The smallest absolute Gasteiger partial charge is 0.243 e. The summed E-state index contributed by atoms with van der Waals surface area (Å²) in [5, 5.41) is 3.02. The Bertz CT molecular complexity index is 942. The van der Waals surface area contributed by atoms with Crippen molar-refractivity contribution in [3.8, 4) is 5.75 Å². The van der Waals surface area contributed by atoms with Crippen molar-refractivity contribution >= 4 is 15.9 Å². The van der Waals surface area contributed by atoms with Gasteiger partial charge in [-0.1, -0.05) is 31.2 Å². The van der Waals surface area contributed by atoms with Crippen LogP contribution >= 0.6 is 0 Å². The zero-order valence-corrected chi connectivity index (χ0v) is 17.7. The molecule has 0 unspecified atom stereocenters. The minimum Gasteiger partial charge on any atom is -0.494 e. The molecule has 0 bridgehead atoms. The highest BCUT2D eigenvalue weighted by atomic mass is 32.2. The lowest BCUT2D eigenvalue weighted by Gasteiger charge is -2.27. The second kappa shape index (κ2) is 9.41. The minimum absolute atomic E-state index is 0.0701. The number of carbonyl (C=O) groups excluding carboxylic acids is 1. The molecule has 2 aromatic rings. The predicted molar refractivity (Wildman–Crippen MR) is 112 cm³/mol. The maximum absolute atomic E-state index is 13.0. The first kappa shape index (κ1) is 21.3. The van der Waals surface area contributed by atoms with Crippen LogP contribution in [0, 0.1) is 0 Å². The number of hydrogen-bond acceptors (Lipinski definition) is 4. The van der Waals surface area contributed by atoms with Crippen LogP contribution in [-0.4, -0.2) is 38.3 Å². The molecule has 0 aromatic heterocycles. The fourth-order valence-corrected chi connectivity index (χ4v) is 5.10. The summed E-state index contributed by atoms with van der Waals surface area (Å²) >= 11 is 0. The van der Waals surface area contributed by atoms with Crippen molar-refractivity contribution in [3.05, 3.63) is 59.7 Å². The number of rotatable bonds is 8. The molecular formula is C22H28N2O4S. The van der Waals surface area contributed by atoms with E-state index in [1.165, 1.54) is 22.0 Å². The molecule has 0 radical (unpaired) electrons. The highest BCUT2D eigenvalue weighted by Gasteiger charge is 2.27. The van der Waals surface area contributed by atoms with Gasteiger partial charge in [-0.15, -0.1) is 0 Å². The van der Waals surface area contributed by atoms with Crippen molar-refractivity contribution in [2.75, 3.05) is 19.7 Å². The Balaban J connectivity index is 1.70. The van der Waals surface area contributed by atoms with Crippen LogP contribution in [0.1, 0.15) is 43.9 Å². The average Bonchev–Trinajstić information content (AvgIpc) is 2.73. The summed E-state index contributed by atoms with van der Waals surface area (Å²) in [6.45, 7) is 4.12. The van der Waals surface area contributed by atoms with Gasteiger partial charge in [0, 0.05) is 6.54 Å². The fraction of sp³-hybridized carbons (Fsp3) is 0.409. The standard InChI is InChI=1S/C22H28N2O4S/c1-3-24(29(26,27)19-14-12-18(13-15-19)28-4-2)16-22(25)23-21-11-7-9-17-8-5-6-10-20(17)21/h5-6,8,10,12-15,21H,3-4,7,9,11,16H2,1-2H3,(H,23,25)/t21-/m0/s1. The Labute approximate surface area is 172 Å². The van der Waals surface area contributed by atoms with Gasteiger partial charge in [0.05, 0.1) is 24.1 Å². The van der Waals surface area contributed by atoms with Gasteiger partial charge in [0.25, 0.3) is 0 Å². The van der Waals surface area contributed by atoms with Crippen LogP contribution in [-0.2, 0) is 21.2 Å². The Kier molecular flexibility index (Phi) is 6.92. The molecule has 29 heavy (non-hydrogen) atoms. The summed E-state index contributed by atoms with van der Waals surface area (Å²) in [4.78, 5) is 12.8. The van der Waals surface area contributed by atoms with Gasteiger partial charge in [-0.25, -0.2) is 8.42 Å². The van der Waals surface area contributed by atoms with Crippen LogP contribution in [0.3, 0.4) is 0 Å². The van der Waals surface area contributed by atoms with E-state index in [4.69, 9.17) is 4.74 Å². The van der Waals surface area contributed by atoms with Crippen LogP contribution in [0.4, 0.5) is 0 Å². The lowest BCUT2D eigenvalue weighted by Crippen LogP contribution is -2.42. The first-order valence-corrected chi connectivity index (χ1v) is 11.5. The molecule has 1 aliphatic rings. The highest BCUT2D eigenvalue weighted by Crippen LogP contribution is 2.29. The van der Waals surface area contributed by atoms with Crippen LogP contribution in [0.15, 0.2) is 53.4 Å². The zero-order valence-electron chi connectivity index (χ0n) is 16.9. The van der Waals surface area contributed by atoms with Crippen LogP contribution in [0.2, 0.25) is 0 Å². The van der Waals surface area contributed by atoms with Crippen molar-refractivity contribution < 1.29 is 17.9 Å². The van der Waals surface area contributed by atoms with Crippen molar-refractivity contribution in [2.24, 2.45) is 0 Å². The molecule has 0 spiro atoms. The Morgan fingerprint density at radius 1 is 1.14 bits per heavy atom. The number of amides is 1.